The lowest BCUT2D eigenvalue weighted by Gasteiger charge is -2.22. The molecule has 1 aromatic carbocycles. The summed E-state index contributed by atoms with van der Waals surface area (Å²) in [4.78, 5) is 14.3. The molecule has 3 rings (SSSR count). The molecule has 0 aromatic heterocycles. The van der Waals surface area contributed by atoms with Gasteiger partial charge in [-0.1, -0.05) is 12.1 Å². The van der Waals surface area contributed by atoms with E-state index < -0.39 is 0 Å². The molecular weight excluding hydrogens is 224 g/mol. The lowest BCUT2D eigenvalue weighted by atomic mass is 10.1. The van der Waals surface area contributed by atoms with Crippen molar-refractivity contribution in [3.05, 3.63) is 29.8 Å². The van der Waals surface area contributed by atoms with Crippen LogP contribution in [0.1, 0.15) is 37.7 Å². The quantitative estimate of drug-likeness (QED) is 0.809. The Morgan fingerprint density at radius 2 is 2.06 bits per heavy atom. The fourth-order valence-corrected chi connectivity index (χ4v) is 2.38. The second-order valence-electron chi connectivity index (χ2n) is 5.65. The fourth-order valence-electron chi connectivity index (χ4n) is 2.38. The summed E-state index contributed by atoms with van der Waals surface area (Å²) in [6, 6.07) is 8.35. The summed E-state index contributed by atoms with van der Waals surface area (Å²) in [6.07, 6.45) is 5.56. The Bertz CT molecular complexity index is 450. The first kappa shape index (κ1) is 11.6. The minimum absolute atomic E-state index is 0.336. The van der Waals surface area contributed by atoms with Crippen LogP contribution in [-0.4, -0.2) is 16.8 Å². The first-order valence-electron chi connectivity index (χ1n) is 6.86. The molecule has 0 aliphatic heterocycles. The van der Waals surface area contributed by atoms with Gasteiger partial charge in [0.2, 0.25) is 5.91 Å². The standard InChI is InChI=1S/C15H20N2O/c16-13-3-1-2-12(8-13)10-17(14-6-7-14)15(18)9-11-4-5-11/h1-3,8,11,14H,4-7,9-10,16H2. The molecular formula is C15H20N2O. The van der Waals surface area contributed by atoms with Crippen LogP contribution >= 0.6 is 0 Å². The largest absolute Gasteiger partial charge is 0.399 e. The topological polar surface area (TPSA) is 46.3 Å². The molecule has 2 fully saturated rings. The molecule has 2 N–H and O–H groups in total. The minimum atomic E-state index is 0.336. The van der Waals surface area contributed by atoms with Crippen molar-refractivity contribution in [3.63, 3.8) is 0 Å². The number of nitrogens with two attached hydrogens (primary N) is 1. The van der Waals surface area contributed by atoms with Gasteiger partial charge in [0.1, 0.15) is 0 Å². The highest BCUT2D eigenvalue weighted by Gasteiger charge is 2.35. The highest BCUT2D eigenvalue weighted by Crippen LogP contribution is 2.35. The summed E-state index contributed by atoms with van der Waals surface area (Å²) in [5.41, 5.74) is 7.71. The van der Waals surface area contributed by atoms with Gasteiger partial charge in [0.05, 0.1) is 0 Å². The van der Waals surface area contributed by atoms with Crippen molar-refractivity contribution in [1.29, 1.82) is 0 Å². The zero-order valence-corrected chi connectivity index (χ0v) is 10.6. The van der Waals surface area contributed by atoms with E-state index in [1.54, 1.807) is 0 Å². The van der Waals surface area contributed by atoms with E-state index in [4.69, 9.17) is 5.73 Å². The maximum atomic E-state index is 12.3. The van der Waals surface area contributed by atoms with Crippen LogP contribution < -0.4 is 5.73 Å². The van der Waals surface area contributed by atoms with Gasteiger partial charge in [-0.15, -0.1) is 0 Å². The van der Waals surface area contributed by atoms with Crippen LogP contribution in [0.2, 0.25) is 0 Å². The van der Waals surface area contributed by atoms with Crippen molar-refractivity contribution < 1.29 is 4.79 Å². The molecule has 0 spiro atoms. The van der Waals surface area contributed by atoms with Crippen molar-refractivity contribution >= 4 is 11.6 Å². The summed E-state index contributed by atoms with van der Waals surface area (Å²) in [6.45, 7) is 0.723. The molecule has 2 aliphatic rings. The van der Waals surface area contributed by atoms with Crippen molar-refractivity contribution in [2.75, 3.05) is 5.73 Å². The molecule has 0 saturated heterocycles. The van der Waals surface area contributed by atoms with Crippen LogP contribution in [0.15, 0.2) is 24.3 Å². The summed E-state index contributed by atoms with van der Waals surface area (Å²) >= 11 is 0. The lowest BCUT2D eigenvalue weighted by Crippen LogP contribution is -2.32. The smallest absolute Gasteiger partial charge is 0.223 e. The van der Waals surface area contributed by atoms with Gasteiger partial charge in [-0.2, -0.15) is 0 Å². The Morgan fingerprint density at radius 3 is 2.67 bits per heavy atom. The molecule has 3 nitrogen and oxygen atoms in total. The summed E-state index contributed by atoms with van der Waals surface area (Å²) < 4.78 is 0. The van der Waals surface area contributed by atoms with Gasteiger partial charge in [0.25, 0.3) is 0 Å². The van der Waals surface area contributed by atoms with E-state index in [1.807, 2.05) is 18.2 Å². The van der Waals surface area contributed by atoms with Gasteiger partial charge in [-0.05, 0) is 49.3 Å². The van der Waals surface area contributed by atoms with Crippen molar-refractivity contribution in [2.24, 2.45) is 5.92 Å². The van der Waals surface area contributed by atoms with E-state index in [9.17, 15) is 4.79 Å². The van der Waals surface area contributed by atoms with E-state index in [2.05, 4.69) is 11.0 Å². The van der Waals surface area contributed by atoms with E-state index in [0.29, 0.717) is 17.9 Å². The van der Waals surface area contributed by atoms with Gasteiger partial charge in [0, 0.05) is 24.7 Å². The number of nitrogen functional groups attached to an aromatic ring is 1. The van der Waals surface area contributed by atoms with E-state index in [0.717, 1.165) is 24.2 Å². The molecule has 96 valence electrons. The van der Waals surface area contributed by atoms with Crippen molar-refractivity contribution in [2.45, 2.75) is 44.7 Å². The number of carbonyl (C=O) groups is 1. The number of hydrogen-bond donors (Lipinski definition) is 1. The highest BCUT2D eigenvalue weighted by atomic mass is 16.2. The number of anilines is 1. The maximum Gasteiger partial charge on any atom is 0.223 e. The number of rotatable bonds is 5. The molecule has 0 bridgehead atoms. The third-order valence-corrected chi connectivity index (χ3v) is 3.77. The van der Waals surface area contributed by atoms with Crippen LogP contribution in [0, 0.1) is 5.92 Å². The average molecular weight is 244 g/mol. The number of amides is 1. The Labute approximate surface area is 108 Å². The summed E-state index contributed by atoms with van der Waals surface area (Å²) in [5, 5.41) is 0. The zero-order chi connectivity index (χ0) is 12.5. The Morgan fingerprint density at radius 1 is 1.28 bits per heavy atom. The first-order chi connectivity index (χ1) is 8.72. The summed E-state index contributed by atoms with van der Waals surface area (Å²) in [5.74, 6) is 1.00. The molecule has 0 heterocycles. The van der Waals surface area contributed by atoms with Crippen LogP contribution in [0.3, 0.4) is 0 Å². The van der Waals surface area contributed by atoms with Crippen molar-refractivity contribution in [3.8, 4) is 0 Å². The Kier molecular flexibility index (Phi) is 2.98. The molecule has 0 radical (unpaired) electrons. The number of hydrogen-bond acceptors (Lipinski definition) is 2. The molecule has 0 atom stereocenters. The van der Waals surface area contributed by atoms with E-state index >= 15 is 0 Å². The second kappa shape index (κ2) is 4.63. The van der Waals surface area contributed by atoms with Crippen LogP contribution in [-0.2, 0) is 11.3 Å². The zero-order valence-electron chi connectivity index (χ0n) is 10.6. The molecule has 2 aliphatic carbocycles. The molecule has 0 unspecified atom stereocenters. The lowest BCUT2D eigenvalue weighted by molar-refractivity contribution is -0.132. The second-order valence-corrected chi connectivity index (χ2v) is 5.65. The van der Waals surface area contributed by atoms with E-state index in [-0.39, 0.29) is 0 Å². The molecule has 18 heavy (non-hydrogen) atoms. The normalized spacial score (nSPS) is 18.7. The molecule has 1 aromatic rings. The number of nitrogens with zero attached hydrogens (tertiary/aromatic N) is 1. The SMILES string of the molecule is Nc1cccc(CN(C(=O)CC2CC2)C2CC2)c1. The molecule has 3 heteroatoms. The molecule has 2 saturated carbocycles. The van der Waals surface area contributed by atoms with Crippen LogP contribution in [0.4, 0.5) is 5.69 Å². The predicted molar refractivity (Wildman–Crippen MR) is 71.8 cm³/mol. The fraction of sp³-hybridized carbons (Fsp3) is 0.533. The van der Waals surface area contributed by atoms with Gasteiger partial charge in [-0.25, -0.2) is 0 Å². The van der Waals surface area contributed by atoms with Gasteiger partial charge in [-0.3, -0.25) is 4.79 Å². The monoisotopic (exact) mass is 244 g/mol. The summed E-state index contributed by atoms with van der Waals surface area (Å²) in [7, 11) is 0. The minimum Gasteiger partial charge on any atom is -0.399 e. The predicted octanol–water partition coefficient (Wildman–Crippen LogP) is 2.56. The maximum absolute atomic E-state index is 12.3. The molecule has 1 amide bonds. The van der Waals surface area contributed by atoms with Gasteiger partial charge < -0.3 is 10.6 Å². The number of benzene rings is 1. The third-order valence-electron chi connectivity index (χ3n) is 3.77. The van der Waals surface area contributed by atoms with Crippen LogP contribution in [0.5, 0.6) is 0 Å². The first-order valence-corrected chi connectivity index (χ1v) is 6.86. The highest BCUT2D eigenvalue weighted by molar-refractivity contribution is 5.77. The number of carbonyl (C=O) groups excluding carboxylic acids is 1. The third kappa shape index (κ3) is 2.84. The van der Waals surface area contributed by atoms with Crippen LogP contribution in [0.25, 0.3) is 0 Å². The average Bonchev–Trinajstić information content (AvgIpc) is 3.19. The Hall–Kier alpha value is -1.51. The van der Waals surface area contributed by atoms with Gasteiger partial charge in [0.15, 0.2) is 0 Å². The van der Waals surface area contributed by atoms with Crippen molar-refractivity contribution in [1.82, 2.24) is 4.90 Å². The van der Waals surface area contributed by atoms with E-state index in [1.165, 1.54) is 25.7 Å². The Balaban J connectivity index is 1.67. The van der Waals surface area contributed by atoms with Gasteiger partial charge >= 0.3 is 0 Å².